The summed E-state index contributed by atoms with van der Waals surface area (Å²) in [5.41, 5.74) is 8.79. The van der Waals surface area contributed by atoms with E-state index in [-0.39, 0.29) is 11.3 Å². The van der Waals surface area contributed by atoms with Gasteiger partial charge in [-0.25, -0.2) is 4.98 Å². The topological polar surface area (TPSA) is 139 Å². The first-order chi connectivity index (χ1) is 20.5. The zero-order chi connectivity index (χ0) is 29.4. The molecule has 1 saturated heterocycles. The first kappa shape index (κ1) is 30.5. The molecule has 1 amide bonds. The third-order valence-electron chi connectivity index (χ3n) is 7.46. The fraction of sp³-hybridized carbons (Fsp3) is 0.517. The Balaban J connectivity index is 1.13. The summed E-state index contributed by atoms with van der Waals surface area (Å²) < 4.78 is 23.8. The van der Waals surface area contributed by atoms with Crippen molar-refractivity contribution in [3.8, 4) is 0 Å². The number of nitrogens with one attached hydrogen (secondary N) is 1. The number of anilines is 1. The van der Waals surface area contributed by atoms with Crippen LogP contribution in [0.15, 0.2) is 36.7 Å². The van der Waals surface area contributed by atoms with Crippen molar-refractivity contribution in [3.05, 3.63) is 69.9 Å². The third kappa shape index (κ3) is 7.32. The van der Waals surface area contributed by atoms with E-state index in [2.05, 4.69) is 26.6 Å². The van der Waals surface area contributed by atoms with Crippen molar-refractivity contribution >= 4 is 23.3 Å². The molecule has 0 bridgehead atoms. The molecule has 0 atom stereocenters. The summed E-state index contributed by atoms with van der Waals surface area (Å²) in [6.07, 6.45) is 2.39. The normalized spacial score (nSPS) is 15.7. The van der Waals surface area contributed by atoms with Crippen LogP contribution in [0.1, 0.15) is 32.9 Å². The number of benzene rings is 1. The van der Waals surface area contributed by atoms with E-state index >= 15 is 0 Å². The largest absolute Gasteiger partial charge is 0.379 e. The van der Waals surface area contributed by atoms with Crippen LogP contribution in [0.5, 0.6) is 0 Å². The Morgan fingerprint density at radius 1 is 1.07 bits per heavy atom. The SMILES string of the molecule is Cn1cnnc1CC1(c2ccc3c(c2)C(=O)N(c2cc(CNCCOCCOCCOCCN)cc(Cl)n2)C3)COC1. The van der Waals surface area contributed by atoms with Crippen LogP contribution in [0.3, 0.4) is 0 Å². The summed E-state index contributed by atoms with van der Waals surface area (Å²) in [7, 11) is 1.93. The van der Waals surface area contributed by atoms with Gasteiger partial charge in [-0.1, -0.05) is 23.7 Å². The number of carbonyl (C=O) groups is 1. The Morgan fingerprint density at radius 2 is 1.83 bits per heavy atom. The van der Waals surface area contributed by atoms with Crippen LogP contribution in [-0.2, 0) is 50.9 Å². The number of nitrogens with zero attached hydrogens (tertiary/aromatic N) is 5. The van der Waals surface area contributed by atoms with Gasteiger partial charge in [0.2, 0.25) is 0 Å². The number of nitrogens with two attached hydrogens (primary N) is 1. The number of fused-ring (bicyclic) bond motifs is 1. The van der Waals surface area contributed by atoms with Crippen molar-refractivity contribution in [2.45, 2.75) is 24.9 Å². The third-order valence-corrected chi connectivity index (χ3v) is 7.65. The van der Waals surface area contributed by atoms with Gasteiger partial charge in [0.15, 0.2) is 0 Å². The van der Waals surface area contributed by atoms with Gasteiger partial charge in [0, 0.05) is 44.1 Å². The van der Waals surface area contributed by atoms with Gasteiger partial charge < -0.3 is 34.6 Å². The predicted octanol–water partition coefficient (Wildman–Crippen LogP) is 1.63. The van der Waals surface area contributed by atoms with E-state index in [0.29, 0.717) is 102 Å². The summed E-state index contributed by atoms with van der Waals surface area (Å²) >= 11 is 6.37. The van der Waals surface area contributed by atoms with Crippen molar-refractivity contribution in [3.63, 3.8) is 0 Å². The first-order valence-electron chi connectivity index (χ1n) is 14.2. The maximum absolute atomic E-state index is 13.6. The lowest BCUT2D eigenvalue weighted by Gasteiger charge is -2.41. The number of aryl methyl sites for hydroxylation is 1. The Labute approximate surface area is 250 Å². The maximum atomic E-state index is 13.6. The minimum atomic E-state index is -0.229. The summed E-state index contributed by atoms with van der Waals surface area (Å²) in [5.74, 6) is 1.33. The number of aromatic nitrogens is 4. The lowest BCUT2D eigenvalue weighted by atomic mass is 9.75. The Bertz CT molecular complexity index is 1350. The summed E-state index contributed by atoms with van der Waals surface area (Å²) in [4.78, 5) is 19.7. The molecule has 12 nitrogen and oxygen atoms in total. The molecule has 0 radical (unpaired) electrons. The average molecular weight is 600 g/mol. The second-order valence-corrected chi connectivity index (χ2v) is 10.9. The molecule has 0 aliphatic carbocycles. The van der Waals surface area contributed by atoms with Gasteiger partial charge in [0.1, 0.15) is 23.1 Å². The van der Waals surface area contributed by atoms with Gasteiger partial charge in [-0.15, -0.1) is 10.2 Å². The van der Waals surface area contributed by atoms with Crippen molar-refractivity contribution in [1.29, 1.82) is 0 Å². The number of amides is 1. The summed E-state index contributed by atoms with van der Waals surface area (Å²) in [6.45, 7) is 6.50. The lowest BCUT2D eigenvalue weighted by molar-refractivity contribution is -0.0611. The van der Waals surface area contributed by atoms with Crippen molar-refractivity contribution in [2.75, 3.05) is 70.8 Å². The minimum Gasteiger partial charge on any atom is -0.379 e. The molecule has 42 heavy (non-hydrogen) atoms. The molecule has 2 aliphatic rings. The maximum Gasteiger partial charge on any atom is 0.260 e. The molecular formula is C29H38ClN7O5. The van der Waals surface area contributed by atoms with Gasteiger partial charge in [0.05, 0.1) is 59.4 Å². The fourth-order valence-corrected chi connectivity index (χ4v) is 5.31. The summed E-state index contributed by atoms with van der Waals surface area (Å²) in [6, 6.07) is 9.84. The van der Waals surface area contributed by atoms with Crippen LogP contribution in [0.2, 0.25) is 5.15 Å². The number of halogens is 1. The average Bonchev–Trinajstić information content (AvgIpc) is 3.52. The molecule has 4 heterocycles. The van der Waals surface area contributed by atoms with Crippen LogP contribution in [0.25, 0.3) is 0 Å². The highest BCUT2D eigenvalue weighted by Crippen LogP contribution is 2.38. The molecule has 3 N–H and O–H groups in total. The number of hydrogen-bond donors (Lipinski definition) is 2. The highest BCUT2D eigenvalue weighted by Gasteiger charge is 2.43. The van der Waals surface area contributed by atoms with Crippen LogP contribution in [-0.4, -0.2) is 91.6 Å². The molecule has 1 aromatic carbocycles. The van der Waals surface area contributed by atoms with E-state index < -0.39 is 0 Å². The zero-order valence-electron chi connectivity index (χ0n) is 23.9. The summed E-state index contributed by atoms with van der Waals surface area (Å²) in [5, 5.41) is 12.0. The van der Waals surface area contributed by atoms with Gasteiger partial charge in [-0.2, -0.15) is 0 Å². The second-order valence-electron chi connectivity index (χ2n) is 10.5. The van der Waals surface area contributed by atoms with Gasteiger partial charge in [-0.05, 0) is 34.9 Å². The van der Waals surface area contributed by atoms with Crippen molar-refractivity contribution in [1.82, 2.24) is 25.1 Å². The van der Waals surface area contributed by atoms with Crippen LogP contribution < -0.4 is 16.0 Å². The highest BCUT2D eigenvalue weighted by atomic mass is 35.5. The Morgan fingerprint density at radius 3 is 2.52 bits per heavy atom. The number of rotatable bonds is 17. The standard InChI is InChI=1S/C29H38ClN7O5/c1-36-20-33-35-27(36)15-29(18-42-19-29)23-3-2-22-17-37(28(38)24(22)14-23)26-13-21(12-25(30)34-26)16-32-5-7-40-9-11-41-10-8-39-6-4-31/h2-3,12-14,20,32H,4-11,15-19,31H2,1H3. The molecule has 2 aliphatic heterocycles. The highest BCUT2D eigenvalue weighted by molar-refractivity contribution is 6.29. The van der Waals surface area contributed by atoms with Gasteiger partial charge in [-0.3, -0.25) is 9.69 Å². The molecule has 13 heteroatoms. The van der Waals surface area contributed by atoms with E-state index in [1.54, 1.807) is 17.3 Å². The van der Waals surface area contributed by atoms with Gasteiger partial charge >= 0.3 is 0 Å². The molecule has 0 unspecified atom stereocenters. The molecule has 5 rings (SSSR count). The van der Waals surface area contributed by atoms with E-state index in [1.165, 1.54) is 0 Å². The monoisotopic (exact) mass is 599 g/mol. The van der Waals surface area contributed by atoms with Crippen LogP contribution >= 0.6 is 11.6 Å². The minimum absolute atomic E-state index is 0.0869. The molecule has 0 spiro atoms. The van der Waals surface area contributed by atoms with Crippen LogP contribution in [0, 0.1) is 0 Å². The molecule has 3 aromatic rings. The smallest absolute Gasteiger partial charge is 0.260 e. The number of pyridine rings is 1. The fourth-order valence-electron chi connectivity index (χ4n) is 5.08. The molecule has 0 saturated carbocycles. The Kier molecular flexibility index (Phi) is 10.5. The van der Waals surface area contributed by atoms with Crippen molar-refractivity contribution in [2.24, 2.45) is 12.8 Å². The lowest BCUT2D eigenvalue weighted by Crippen LogP contribution is -2.49. The molecule has 2 aromatic heterocycles. The molecule has 1 fully saturated rings. The molecular weight excluding hydrogens is 562 g/mol. The van der Waals surface area contributed by atoms with E-state index in [4.69, 9.17) is 36.3 Å². The number of ether oxygens (including phenoxy) is 4. The van der Waals surface area contributed by atoms with Crippen LogP contribution in [0.4, 0.5) is 5.82 Å². The first-order valence-corrected chi connectivity index (χ1v) is 14.5. The predicted molar refractivity (Wildman–Crippen MR) is 157 cm³/mol. The molecule has 226 valence electrons. The van der Waals surface area contributed by atoms with E-state index in [0.717, 1.165) is 22.5 Å². The number of hydrogen-bond acceptors (Lipinski definition) is 10. The quantitative estimate of drug-likeness (QED) is 0.174. The van der Waals surface area contributed by atoms with E-state index in [9.17, 15) is 4.79 Å². The van der Waals surface area contributed by atoms with Gasteiger partial charge in [0.25, 0.3) is 5.91 Å². The van der Waals surface area contributed by atoms with E-state index in [1.807, 2.05) is 29.8 Å². The Hall–Kier alpha value is -2.97. The number of carbonyl (C=O) groups excluding carboxylic acids is 1. The van der Waals surface area contributed by atoms with Crippen molar-refractivity contribution < 1.29 is 23.7 Å². The zero-order valence-corrected chi connectivity index (χ0v) is 24.6. The second kappa shape index (κ2) is 14.5.